The van der Waals surface area contributed by atoms with Crippen molar-refractivity contribution < 1.29 is 4.74 Å². The van der Waals surface area contributed by atoms with E-state index in [0.717, 1.165) is 29.7 Å². The number of nitrogens with zero attached hydrogens (tertiary/aromatic N) is 3. The van der Waals surface area contributed by atoms with Gasteiger partial charge < -0.3 is 10.5 Å². The number of hydrogen-bond donors (Lipinski definition) is 1. The largest absolute Gasteiger partial charge is 0.494 e. The highest BCUT2D eigenvalue weighted by molar-refractivity contribution is 5.61. The summed E-state index contributed by atoms with van der Waals surface area (Å²) in [6.07, 6.45) is 5.68. The summed E-state index contributed by atoms with van der Waals surface area (Å²) in [6.45, 7) is 2.54. The fourth-order valence-electron chi connectivity index (χ4n) is 2.40. The molecule has 1 saturated carbocycles. The van der Waals surface area contributed by atoms with Gasteiger partial charge in [0.2, 0.25) is 0 Å². The summed E-state index contributed by atoms with van der Waals surface area (Å²) in [5.41, 5.74) is 7.55. The Morgan fingerprint density at radius 1 is 1.16 bits per heavy atom. The second-order valence-electron chi connectivity index (χ2n) is 5.56. The van der Waals surface area contributed by atoms with E-state index in [9.17, 15) is 5.26 Å². The smallest absolute Gasteiger partial charge is 0.153 e. The van der Waals surface area contributed by atoms with Crippen molar-refractivity contribution in [2.45, 2.75) is 19.8 Å². The molecule has 1 aliphatic carbocycles. The molecule has 124 valence electrons. The third-order valence-corrected chi connectivity index (χ3v) is 3.83. The summed E-state index contributed by atoms with van der Waals surface area (Å²) < 4.78 is 5.41. The fourth-order valence-corrected chi connectivity index (χ4v) is 2.40. The number of nitrogens with two attached hydrogens (primary N) is 1. The molecular formula is C20H18N4O. The first-order chi connectivity index (χ1) is 12.1. The van der Waals surface area contributed by atoms with Gasteiger partial charge in [0, 0.05) is 0 Å². The lowest BCUT2D eigenvalue weighted by Crippen LogP contribution is -2.06. The van der Waals surface area contributed by atoms with Gasteiger partial charge >= 0.3 is 0 Å². The van der Waals surface area contributed by atoms with Crippen molar-refractivity contribution in [2.75, 3.05) is 6.61 Å². The first-order valence-corrected chi connectivity index (χ1v) is 8.00. The lowest BCUT2D eigenvalue weighted by Gasteiger charge is -2.06. The van der Waals surface area contributed by atoms with Gasteiger partial charge in [0.15, 0.2) is 5.57 Å². The predicted molar refractivity (Wildman–Crippen MR) is 94.4 cm³/mol. The van der Waals surface area contributed by atoms with E-state index >= 15 is 0 Å². The Balaban J connectivity index is 2.38. The SMILES string of the molecule is CCOc1ccc(/C=C/C(=C(/C#N)C(N)=C(C#N)C#N)C2CC2)cc1. The minimum absolute atomic E-state index is 0.0502. The van der Waals surface area contributed by atoms with Crippen LogP contribution in [0.4, 0.5) is 0 Å². The summed E-state index contributed by atoms with van der Waals surface area (Å²) in [6, 6.07) is 13.2. The molecule has 5 heteroatoms. The number of ether oxygens (including phenoxy) is 1. The van der Waals surface area contributed by atoms with Gasteiger partial charge in [-0.1, -0.05) is 24.3 Å². The van der Waals surface area contributed by atoms with Crippen molar-refractivity contribution in [3.8, 4) is 24.0 Å². The zero-order valence-electron chi connectivity index (χ0n) is 14.0. The number of nitriles is 3. The van der Waals surface area contributed by atoms with E-state index in [2.05, 4.69) is 6.07 Å². The topological polar surface area (TPSA) is 107 Å². The van der Waals surface area contributed by atoms with Gasteiger partial charge in [-0.2, -0.15) is 15.8 Å². The van der Waals surface area contributed by atoms with E-state index in [0.29, 0.717) is 6.61 Å². The number of hydrogen-bond acceptors (Lipinski definition) is 5. The van der Waals surface area contributed by atoms with Crippen molar-refractivity contribution in [1.82, 2.24) is 0 Å². The number of benzene rings is 1. The van der Waals surface area contributed by atoms with E-state index in [-0.39, 0.29) is 22.8 Å². The minimum atomic E-state index is -0.232. The fraction of sp³-hybridized carbons (Fsp3) is 0.250. The maximum atomic E-state index is 9.48. The van der Waals surface area contributed by atoms with Crippen LogP contribution in [0.1, 0.15) is 25.3 Å². The highest BCUT2D eigenvalue weighted by Crippen LogP contribution is 2.40. The average molecular weight is 330 g/mol. The van der Waals surface area contributed by atoms with Gasteiger partial charge in [0.05, 0.1) is 17.9 Å². The van der Waals surface area contributed by atoms with Crippen LogP contribution in [0.5, 0.6) is 5.75 Å². The molecule has 5 nitrogen and oxygen atoms in total. The Bertz CT molecular complexity index is 835. The molecule has 0 heterocycles. The Hall–Kier alpha value is -3.49. The van der Waals surface area contributed by atoms with Crippen LogP contribution in [-0.2, 0) is 0 Å². The molecule has 0 bridgehead atoms. The normalized spacial score (nSPS) is 14.0. The van der Waals surface area contributed by atoms with Gasteiger partial charge in [-0.15, -0.1) is 0 Å². The minimum Gasteiger partial charge on any atom is -0.494 e. The molecule has 2 N–H and O–H groups in total. The monoisotopic (exact) mass is 330 g/mol. The van der Waals surface area contributed by atoms with Crippen molar-refractivity contribution in [2.24, 2.45) is 11.7 Å². The van der Waals surface area contributed by atoms with Crippen LogP contribution < -0.4 is 10.5 Å². The second-order valence-corrected chi connectivity index (χ2v) is 5.56. The Kier molecular flexibility index (Phi) is 5.99. The van der Waals surface area contributed by atoms with Gasteiger partial charge in [0.1, 0.15) is 24.0 Å². The zero-order valence-corrected chi connectivity index (χ0v) is 14.0. The molecular weight excluding hydrogens is 312 g/mol. The molecule has 1 aromatic rings. The van der Waals surface area contributed by atoms with Gasteiger partial charge in [0.25, 0.3) is 0 Å². The molecule has 0 aliphatic heterocycles. The average Bonchev–Trinajstić information content (AvgIpc) is 3.46. The number of allylic oxidation sites excluding steroid dienone is 4. The first-order valence-electron chi connectivity index (χ1n) is 8.00. The molecule has 0 unspecified atom stereocenters. The van der Waals surface area contributed by atoms with Crippen LogP contribution in [-0.4, -0.2) is 6.61 Å². The van der Waals surface area contributed by atoms with Crippen molar-refractivity contribution in [3.63, 3.8) is 0 Å². The van der Waals surface area contributed by atoms with Crippen LogP contribution in [0.25, 0.3) is 6.08 Å². The molecule has 2 rings (SSSR count). The summed E-state index contributed by atoms with van der Waals surface area (Å²) >= 11 is 0. The highest BCUT2D eigenvalue weighted by atomic mass is 16.5. The summed E-state index contributed by atoms with van der Waals surface area (Å²) in [7, 11) is 0. The summed E-state index contributed by atoms with van der Waals surface area (Å²) in [5.74, 6) is 1.04. The third-order valence-electron chi connectivity index (χ3n) is 3.83. The Labute approximate surface area is 147 Å². The molecule has 0 atom stereocenters. The van der Waals surface area contributed by atoms with E-state index < -0.39 is 0 Å². The van der Waals surface area contributed by atoms with Gasteiger partial charge in [-0.3, -0.25) is 0 Å². The molecule has 1 fully saturated rings. The molecule has 0 spiro atoms. The van der Waals surface area contributed by atoms with Gasteiger partial charge in [-0.25, -0.2) is 0 Å². The molecule has 1 aliphatic rings. The van der Waals surface area contributed by atoms with Crippen LogP contribution in [0.15, 0.2) is 52.8 Å². The Morgan fingerprint density at radius 3 is 2.28 bits per heavy atom. The molecule has 0 saturated heterocycles. The van der Waals surface area contributed by atoms with Crippen molar-refractivity contribution in [3.05, 3.63) is 58.3 Å². The third kappa shape index (κ3) is 4.50. The molecule has 0 aromatic heterocycles. The molecule has 25 heavy (non-hydrogen) atoms. The van der Waals surface area contributed by atoms with E-state index in [4.69, 9.17) is 21.0 Å². The van der Waals surface area contributed by atoms with Crippen LogP contribution >= 0.6 is 0 Å². The van der Waals surface area contributed by atoms with E-state index in [1.807, 2.05) is 43.3 Å². The predicted octanol–water partition coefficient (Wildman–Crippen LogP) is 3.59. The quantitative estimate of drug-likeness (QED) is 0.633. The van der Waals surface area contributed by atoms with Crippen LogP contribution in [0.3, 0.4) is 0 Å². The zero-order chi connectivity index (χ0) is 18.2. The van der Waals surface area contributed by atoms with Crippen molar-refractivity contribution >= 4 is 6.08 Å². The first kappa shape index (κ1) is 17.9. The van der Waals surface area contributed by atoms with Crippen LogP contribution in [0, 0.1) is 39.9 Å². The van der Waals surface area contributed by atoms with E-state index in [1.165, 1.54) is 0 Å². The molecule has 1 aromatic carbocycles. The standard InChI is InChI=1S/C20H18N4O/c1-2-25-17-8-3-14(4-9-17)5-10-18(15-6-7-15)19(13-23)20(24)16(11-21)12-22/h3-5,8-10,15H,2,6-7,24H2,1H3/b10-5+,19-18+. The summed E-state index contributed by atoms with van der Waals surface area (Å²) in [4.78, 5) is 0. The van der Waals surface area contributed by atoms with Crippen molar-refractivity contribution in [1.29, 1.82) is 15.8 Å². The van der Waals surface area contributed by atoms with E-state index in [1.54, 1.807) is 12.1 Å². The Morgan fingerprint density at radius 2 is 1.80 bits per heavy atom. The maximum absolute atomic E-state index is 9.48. The maximum Gasteiger partial charge on any atom is 0.153 e. The highest BCUT2D eigenvalue weighted by Gasteiger charge is 2.28. The lowest BCUT2D eigenvalue weighted by molar-refractivity contribution is 0.340. The second kappa shape index (κ2) is 8.39. The lowest BCUT2D eigenvalue weighted by atomic mass is 9.98. The van der Waals surface area contributed by atoms with Crippen LogP contribution in [0.2, 0.25) is 0 Å². The molecule has 0 amide bonds. The van der Waals surface area contributed by atoms with Gasteiger partial charge in [-0.05, 0) is 49.0 Å². The number of rotatable bonds is 6. The molecule has 0 radical (unpaired) electrons. The summed E-state index contributed by atoms with van der Waals surface area (Å²) in [5, 5.41) is 27.4.